The Hall–Kier alpha value is -7.17. The largest absolute Gasteiger partial charge is 0.490 e. The number of fused-ring (bicyclic) bond motifs is 3. The van der Waals surface area contributed by atoms with Crippen molar-refractivity contribution in [2.24, 2.45) is 13.0 Å². The third-order valence-corrected chi connectivity index (χ3v) is 16.8. The van der Waals surface area contributed by atoms with Gasteiger partial charge in [0.25, 0.3) is 5.91 Å². The number of pyridine rings is 1. The molecule has 16 heteroatoms. The van der Waals surface area contributed by atoms with E-state index in [0.29, 0.717) is 66.4 Å². The van der Waals surface area contributed by atoms with Crippen LogP contribution in [0.5, 0.6) is 5.75 Å². The molecule has 7 aromatic rings. The van der Waals surface area contributed by atoms with Gasteiger partial charge in [0, 0.05) is 81.0 Å². The van der Waals surface area contributed by atoms with Gasteiger partial charge in [0.15, 0.2) is 10.8 Å². The van der Waals surface area contributed by atoms with Gasteiger partial charge in [-0.15, -0.1) is 0 Å². The SMILES string of the molecule is Cc1c(OC2CCC(CCC(C)N3CCN(c4ccc5c(C6CCC(=O)NC6=O)nn(C)c5c4)CC3)CC2)cccc1-c1ccc(N2CCc3cccc(C(=O)Nc4nc5ccccc5s4)c3C2)nc1C(=O)O. The number of nitrogens with zero attached hydrogens (tertiary/aromatic N) is 7. The Morgan fingerprint density at radius 1 is 0.863 bits per heavy atom. The van der Waals surface area contributed by atoms with E-state index in [4.69, 9.17) is 14.8 Å². The van der Waals surface area contributed by atoms with Crippen LogP contribution >= 0.6 is 11.3 Å². The average molecular weight is 1000 g/mol. The molecule has 0 bridgehead atoms. The summed E-state index contributed by atoms with van der Waals surface area (Å²) in [4.78, 5) is 67.4. The normalized spacial score (nSPS) is 20.0. The molecule has 15 nitrogen and oxygen atoms in total. The van der Waals surface area contributed by atoms with Gasteiger partial charge >= 0.3 is 5.97 Å². The number of carbonyl (C=O) groups excluding carboxylic acids is 3. The lowest BCUT2D eigenvalue weighted by molar-refractivity contribution is -0.134. The number of hydrogen-bond donors (Lipinski definition) is 3. The summed E-state index contributed by atoms with van der Waals surface area (Å²) in [5.74, 6) is -0.236. The average Bonchev–Trinajstić information content (AvgIpc) is 3.97. The zero-order chi connectivity index (χ0) is 50.3. The summed E-state index contributed by atoms with van der Waals surface area (Å²) in [5, 5.41) is 22.3. The van der Waals surface area contributed by atoms with E-state index >= 15 is 0 Å². The maximum atomic E-state index is 13.7. The molecule has 0 radical (unpaired) electrons. The number of aromatic nitrogens is 4. The third-order valence-electron chi connectivity index (χ3n) is 15.8. The summed E-state index contributed by atoms with van der Waals surface area (Å²) in [7, 11) is 1.92. The highest BCUT2D eigenvalue weighted by Crippen LogP contribution is 2.38. The maximum Gasteiger partial charge on any atom is 0.355 e. The van der Waals surface area contributed by atoms with Gasteiger partial charge in [0.05, 0.1) is 33.4 Å². The van der Waals surface area contributed by atoms with Crippen LogP contribution in [0, 0.1) is 12.8 Å². The highest BCUT2D eigenvalue weighted by atomic mass is 32.1. The number of nitrogens with one attached hydrogen (secondary N) is 2. The van der Waals surface area contributed by atoms with Crippen LogP contribution in [0.15, 0.2) is 91.0 Å². The number of aromatic carboxylic acids is 1. The minimum Gasteiger partial charge on any atom is -0.490 e. The molecule has 3 amide bonds. The van der Waals surface area contributed by atoms with Crippen molar-refractivity contribution >= 4 is 72.8 Å². The Kier molecular flexibility index (Phi) is 13.4. The van der Waals surface area contributed by atoms with E-state index in [2.05, 4.69) is 50.5 Å². The third kappa shape index (κ3) is 9.89. The maximum absolute atomic E-state index is 13.7. The van der Waals surface area contributed by atoms with Crippen molar-refractivity contribution in [2.45, 2.75) is 96.2 Å². The quantitative estimate of drug-likeness (QED) is 0.0935. The molecule has 11 rings (SSSR count). The van der Waals surface area contributed by atoms with Crippen LogP contribution in [0.2, 0.25) is 0 Å². The predicted molar refractivity (Wildman–Crippen MR) is 285 cm³/mol. The number of carbonyl (C=O) groups is 4. The van der Waals surface area contributed by atoms with Gasteiger partial charge in [-0.25, -0.2) is 14.8 Å². The smallest absolute Gasteiger partial charge is 0.355 e. The van der Waals surface area contributed by atoms with Gasteiger partial charge in [-0.2, -0.15) is 5.10 Å². The van der Waals surface area contributed by atoms with Gasteiger partial charge in [-0.3, -0.25) is 34.6 Å². The van der Waals surface area contributed by atoms with Crippen LogP contribution in [-0.4, -0.2) is 98.3 Å². The molecular weight excluding hydrogens is 939 g/mol. The van der Waals surface area contributed by atoms with Gasteiger partial charge in [-0.05, 0) is 148 Å². The lowest BCUT2D eigenvalue weighted by atomic mass is 9.83. The van der Waals surface area contributed by atoms with Crippen LogP contribution in [-0.2, 0) is 29.6 Å². The van der Waals surface area contributed by atoms with Crippen molar-refractivity contribution < 1.29 is 29.0 Å². The minimum absolute atomic E-state index is 0.0203. The van der Waals surface area contributed by atoms with Gasteiger partial charge in [0.2, 0.25) is 11.8 Å². The molecule has 2 unspecified atom stereocenters. The number of benzene rings is 4. The van der Waals surface area contributed by atoms with Crippen molar-refractivity contribution in [2.75, 3.05) is 47.8 Å². The molecule has 376 valence electrons. The fourth-order valence-electron chi connectivity index (χ4n) is 11.6. The number of piperidine rings is 1. The standard InChI is InChI=1S/C57H61N9O6S/c1-34(64-28-30-65(31-29-64)38-18-21-43-47(32-38)63(3)62-52(43)44-23-25-51(67)60-55(44)69)14-15-36-16-19-39(20-17-36)72-48-12-7-9-40(35(48)2)41-22-24-50(59-53(41)56(70)71)66-27-26-37-8-6-10-42(45(37)33-66)54(68)61-57-58-46-11-4-5-13-49(46)73-57/h4-13,18,21-22,24,32,34,36,39,44H,14-17,19-20,23,25-31,33H2,1-3H3,(H,70,71)(H,58,61,68)(H,60,67,69). The summed E-state index contributed by atoms with van der Waals surface area (Å²) in [6, 6.07) is 30.1. The molecule has 6 heterocycles. The first kappa shape index (κ1) is 48.1. The number of ether oxygens (including phenoxy) is 1. The van der Waals surface area contributed by atoms with Crippen LogP contribution in [0.3, 0.4) is 0 Å². The van der Waals surface area contributed by atoms with E-state index in [0.717, 1.165) is 119 Å². The Labute approximate surface area is 428 Å². The first-order valence-electron chi connectivity index (χ1n) is 25.8. The molecule has 1 aliphatic carbocycles. The summed E-state index contributed by atoms with van der Waals surface area (Å²) in [6.45, 7) is 9.31. The molecule has 1 saturated carbocycles. The fourth-order valence-corrected chi connectivity index (χ4v) is 12.5. The van der Waals surface area contributed by atoms with Crippen molar-refractivity contribution in [3.8, 4) is 16.9 Å². The van der Waals surface area contributed by atoms with E-state index in [9.17, 15) is 24.3 Å². The summed E-state index contributed by atoms with van der Waals surface area (Å²) < 4.78 is 9.57. The van der Waals surface area contributed by atoms with Crippen molar-refractivity contribution in [3.05, 3.63) is 125 Å². The number of piperazine rings is 1. The number of rotatable bonds is 13. The molecule has 73 heavy (non-hydrogen) atoms. The highest BCUT2D eigenvalue weighted by molar-refractivity contribution is 7.22. The first-order chi connectivity index (χ1) is 35.4. The van der Waals surface area contributed by atoms with Crippen LogP contribution in [0.25, 0.3) is 32.2 Å². The van der Waals surface area contributed by atoms with Crippen molar-refractivity contribution in [1.29, 1.82) is 0 Å². The summed E-state index contributed by atoms with van der Waals surface area (Å²) >= 11 is 1.44. The summed E-state index contributed by atoms with van der Waals surface area (Å²) in [5.41, 5.74) is 8.49. The number of carboxylic acids is 1. The number of aryl methyl sites for hydroxylation is 1. The molecule has 2 saturated heterocycles. The lowest BCUT2D eigenvalue weighted by Gasteiger charge is -2.39. The van der Waals surface area contributed by atoms with E-state index in [1.54, 1.807) is 0 Å². The monoisotopic (exact) mass is 999 g/mol. The molecule has 3 aromatic heterocycles. The highest BCUT2D eigenvalue weighted by Gasteiger charge is 2.33. The predicted octanol–water partition coefficient (Wildman–Crippen LogP) is 9.52. The number of amides is 3. The van der Waals surface area contributed by atoms with Crippen LogP contribution in [0.4, 0.5) is 16.6 Å². The molecule has 3 aliphatic heterocycles. The molecule has 2 atom stereocenters. The number of anilines is 3. The van der Waals surface area contributed by atoms with E-state index in [-0.39, 0.29) is 29.5 Å². The second kappa shape index (κ2) is 20.4. The van der Waals surface area contributed by atoms with Gasteiger partial charge in [-0.1, -0.05) is 47.7 Å². The second-order valence-corrected chi connectivity index (χ2v) is 21.3. The minimum atomic E-state index is -1.10. The zero-order valence-corrected chi connectivity index (χ0v) is 42.4. The molecule has 3 fully saturated rings. The fraction of sp³-hybridized carbons (Fsp3) is 0.386. The van der Waals surface area contributed by atoms with Crippen LogP contribution in [0.1, 0.15) is 107 Å². The summed E-state index contributed by atoms with van der Waals surface area (Å²) in [6.07, 6.45) is 8.17. The second-order valence-electron chi connectivity index (χ2n) is 20.3. The number of carboxylic acid groups (broad SMARTS) is 1. The Bertz CT molecular complexity index is 3230. The Morgan fingerprint density at radius 3 is 2.47 bits per heavy atom. The van der Waals surface area contributed by atoms with Crippen molar-refractivity contribution in [1.82, 2.24) is 30.0 Å². The lowest BCUT2D eigenvalue weighted by Crippen LogP contribution is -2.49. The first-order valence-corrected chi connectivity index (χ1v) is 26.6. The zero-order valence-electron chi connectivity index (χ0n) is 41.6. The van der Waals surface area contributed by atoms with Gasteiger partial charge in [0.1, 0.15) is 11.6 Å². The molecule has 0 spiro atoms. The number of imide groups is 1. The van der Waals surface area contributed by atoms with Crippen LogP contribution < -0.4 is 25.2 Å². The molecular formula is C57H61N9O6S. The van der Waals surface area contributed by atoms with Crippen molar-refractivity contribution in [3.63, 3.8) is 0 Å². The number of thiazole rings is 1. The van der Waals surface area contributed by atoms with E-state index in [1.165, 1.54) is 17.8 Å². The number of hydrogen-bond acceptors (Lipinski definition) is 12. The molecule has 4 aromatic carbocycles. The Morgan fingerprint density at radius 2 is 1.67 bits per heavy atom. The molecule has 4 aliphatic rings. The topological polar surface area (TPSA) is 175 Å². The Balaban J connectivity index is 0.672. The van der Waals surface area contributed by atoms with E-state index < -0.39 is 11.9 Å². The van der Waals surface area contributed by atoms with E-state index in [1.807, 2.05) is 96.3 Å². The van der Waals surface area contributed by atoms with Gasteiger partial charge < -0.3 is 19.6 Å². The number of para-hydroxylation sites is 1. The molecule has 3 N–H and O–H groups in total.